The molecule has 2 N–H and O–H groups in total. The van der Waals surface area contributed by atoms with Crippen molar-refractivity contribution in [3.05, 3.63) is 23.8 Å². The van der Waals surface area contributed by atoms with Crippen LogP contribution < -0.4 is 10.5 Å². The number of benzene rings is 1. The smallest absolute Gasteiger partial charge is 0.242 e. The van der Waals surface area contributed by atoms with Crippen LogP contribution in [0, 0.1) is 12.3 Å². The number of hydrogen-bond donors (Lipinski definition) is 1. The van der Waals surface area contributed by atoms with E-state index >= 15 is 0 Å². The summed E-state index contributed by atoms with van der Waals surface area (Å²) >= 11 is 0. The maximum atomic E-state index is 12.7. The molecule has 1 rings (SSSR count). The fourth-order valence-corrected chi connectivity index (χ4v) is 3.55. The number of hydrogen-bond acceptors (Lipinski definition) is 4. The summed E-state index contributed by atoms with van der Waals surface area (Å²) in [5.74, 6) is 0.707. The van der Waals surface area contributed by atoms with Crippen LogP contribution in [-0.4, -0.2) is 39.0 Å². The normalized spacial score (nSPS) is 13.0. The maximum absolute atomic E-state index is 12.7. The third-order valence-corrected chi connectivity index (χ3v) is 5.22. The Balaban J connectivity index is 3.06. The topological polar surface area (TPSA) is 72.6 Å². The fourth-order valence-electron chi connectivity index (χ4n) is 2.10. The second-order valence-electron chi connectivity index (χ2n) is 6.72. The molecule has 0 aliphatic carbocycles. The number of nitrogens with two attached hydrogens (primary N) is 1. The molecule has 22 heavy (non-hydrogen) atoms. The second kappa shape index (κ2) is 6.98. The molecule has 0 saturated carbocycles. The predicted octanol–water partition coefficient (Wildman–Crippen LogP) is 2.39. The van der Waals surface area contributed by atoms with Crippen LogP contribution in [0.1, 0.15) is 33.3 Å². The van der Waals surface area contributed by atoms with E-state index in [1.54, 1.807) is 25.2 Å². The zero-order valence-electron chi connectivity index (χ0n) is 14.4. The minimum atomic E-state index is -3.53. The molecule has 126 valence electrons. The lowest BCUT2D eigenvalue weighted by molar-refractivity contribution is 0.240. The molecule has 0 aliphatic rings. The van der Waals surface area contributed by atoms with E-state index in [0.717, 1.165) is 5.56 Å². The standard InChI is InChI=1S/C16H28N2O3S/c1-12(2)21-15-8-7-14(9-13(15)3)22(19,20)18(6)11-16(4,5)10-17/h7-9,12H,10-11,17H2,1-6H3. The van der Waals surface area contributed by atoms with Crippen LogP contribution in [0.15, 0.2) is 23.1 Å². The average molecular weight is 328 g/mol. The summed E-state index contributed by atoms with van der Waals surface area (Å²) in [6.45, 7) is 10.4. The Morgan fingerprint density at radius 1 is 1.32 bits per heavy atom. The van der Waals surface area contributed by atoms with Crippen LogP contribution in [0.25, 0.3) is 0 Å². The lowest BCUT2D eigenvalue weighted by Gasteiger charge is -2.28. The van der Waals surface area contributed by atoms with Crippen molar-refractivity contribution < 1.29 is 13.2 Å². The van der Waals surface area contributed by atoms with Gasteiger partial charge in [-0.25, -0.2) is 12.7 Å². The highest BCUT2D eigenvalue weighted by atomic mass is 32.2. The van der Waals surface area contributed by atoms with Crippen LogP contribution in [0.5, 0.6) is 5.75 Å². The van der Waals surface area contributed by atoms with Gasteiger partial charge in [-0.15, -0.1) is 0 Å². The van der Waals surface area contributed by atoms with Gasteiger partial charge >= 0.3 is 0 Å². The van der Waals surface area contributed by atoms with E-state index < -0.39 is 10.0 Å². The Kier molecular flexibility index (Phi) is 6.01. The molecule has 0 bridgehead atoms. The quantitative estimate of drug-likeness (QED) is 0.834. The van der Waals surface area contributed by atoms with E-state index in [1.165, 1.54) is 4.31 Å². The van der Waals surface area contributed by atoms with Gasteiger partial charge in [-0.1, -0.05) is 13.8 Å². The molecule has 0 amide bonds. The highest BCUT2D eigenvalue weighted by molar-refractivity contribution is 7.89. The summed E-state index contributed by atoms with van der Waals surface area (Å²) in [6, 6.07) is 4.95. The average Bonchev–Trinajstić information content (AvgIpc) is 2.40. The van der Waals surface area contributed by atoms with E-state index in [1.807, 2.05) is 34.6 Å². The molecule has 6 heteroatoms. The molecule has 0 aromatic heterocycles. The van der Waals surface area contributed by atoms with Crippen LogP contribution in [0.3, 0.4) is 0 Å². The Morgan fingerprint density at radius 3 is 2.36 bits per heavy atom. The first-order chi connectivity index (χ1) is 9.99. The SMILES string of the molecule is Cc1cc(S(=O)(=O)N(C)CC(C)(C)CN)ccc1OC(C)C. The monoisotopic (exact) mass is 328 g/mol. The zero-order chi connectivity index (χ0) is 17.1. The Labute approximate surface area is 134 Å². The van der Waals surface area contributed by atoms with Gasteiger partial charge in [0.05, 0.1) is 11.0 Å². The van der Waals surface area contributed by atoms with Gasteiger partial charge in [0, 0.05) is 13.6 Å². The number of ether oxygens (including phenoxy) is 1. The molecule has 0 aliphatic heterocycles. The largest absolute Gasteiger partial charge is 0.491 e. The van der Waals surface area contributed by atoms with Crippen molar-refractivity contribution in [3.63, 3.8) is 0 Å². The molecule has 0 fully saturated rings. The maximum Gasteiger partial charge on any atom is 0.242 e. The van der Waals surface area contributed by atoms with Gasteiger partial charge in [0.15, 0.2) is 0 Å². The van der Waals surface area contributed by atoms with E-state index in [4.69, 9.17) is 10.5 Å². The minimum Gasteiger partial charge on any atom is -0.491 e. The Morgan fingerprint density at radius 2 is 1.91 bits per heavy atom. The molecule has 0 spiro atoms. The third-order valence-electron chi connectivity index (χ3n) is 3.42. The number of nitrogens with zero attached hydrogens (tertiary/aromatic N) is 1. The summed E-state index contributed by atoms with van der Waals surface area (Å²) < 4.78 is 32.3. The molecule has 0 saturated heterocycles. The van der Waals surface area contributed by atoms with Crippen molar-refractivity contribution in [3.8, 4) is 5.75 Å². The van der Waals surface area contributed by atoms with Crippen LogP contribution in [0.2, 0.25) is 0 Å². The first kappa shape index (κ1) is 18.9. The summed E-state index contributed by atoms with van der Waals surface area (Å²) in [4.78, 5) is 0.274. The van der Waals surface area contributed by atoms with Gasteiger partial charge in [-0.3, -0.25) is 0 Å². The zero-order valence-corrected chi connectivity index (χ0v) is 15.2. The van der Waals surface area contributed by atoms with Crippen molar-refractivity contribution in [2.75, 3.05) is 20.1 Å². The van der Waals surface area contributed by atoms with Gasteiger partial charge < -0.3 is 10.5 Å². The fraction of sp³-hybridized carbons (Fsp3) is 0.625. The third kappa shape index (κ3) is 4.69. The van der Waals surface area contributed by atoms with Gasteiger partial charge in [0.2, 0.25) is 10.0 Å². The molecule has 0 unspecified atom stereocenters. The van der Waals surface area contributed by atoms with E-state index in [9.17, 15) is 8.42 Å². The molecule has 5 nitrogen and oxygen atoms in total. The van der Waals surface area contributed by atoms with Crippen molar-refractivity contribution in [1.29, 1.82) is 0 Å². The highest BCUT2D eigenvalue weighted by Gasteiger charge is 2.27. The first-order valence-electron chi connectivity index (χ1n) is 7.43. The van der Waals surface area contributed by atoms with E-state index in [0.29, 0.717) is 18.8 Å². The minimum absolute atomic E-state index is 0.0502. The van der Waals surface area contributed by atoms with Crippen molar-refractivity contribution in [2.45, 2.75) is 45.6 Å². The summed E-state index contributed by atoms with van der Waals surface area (Å²) in [5.41, 5.74) is 6.23. The lowest BCUT2D eigenvalue weighted by Crippen LogP contribution is -2.39. The van der Waals surface area contributed by atoms with Crippen LogP contribution >= 0.6 is 0 Å². The summed E-state index contributed by atoms with van der Waals surface area (Å²) in [6.07, 6.45) is 0.0502. The first-order valence-corrected chi connectivity index (χ1v) is 8.87. The molecule has 0 heterocycles. The Hall–Kier alpha value is -1.11. The van der Waals surface area contributed by atoms with Crippen LogP contribution in [-0.2, 0) is 10.0 Å². The number of sulfonamides is 1. The molecular weight excluding hydrogens is 300 g/mol. The summed E-state index contributed by atoms with van der Waals surface area (Å²) in [7, 11) is -1.94. The highest BCUT2D eigenvalue weighted by Crippen LogP contribution is 2.26. The molecule has 0 radical (unpaired) electrons. The van der Waals surface area contributed by atoms with Gasteiger partial charge in [0.25, 0.3) is 0 Å². The molecular formula is C16H28N2O3S. The number of aryl methyl sites for hydroxylation is 1. The van der Waals surface area contributed by atoms with Crippen LogP contribution in [0.4, 0.5) is 0 Å². The number of rotatable bonds is 7. The predicted molar refractivity (Wildman–Crippen MR) is 89.6 cm³/mol. The van der Waals surface area contributed by atoms with Gasteiger partial charge in [0.1, 0.15) is 5.75 Å². The van der Waals surface area contributed by atoms with E-state index in [-0.39, 0.29) is 16.4 Å². The van der Waals surface area contributed by atoms with Crippen molar-refractivity contribution >= 4 is 10.0 Å². The molecule has 0 atom stereocenters. The van der Waals surface area contributed by atoms with Gasteiger partial charge in [-0.05, 0) is 56.5 Å². The lowest BCUT2D eigenvalue weighted by atomic mass is 9.94. The Bertz CT molecular complexity index is 610. The second-order valence-corrected chi connectivity index (χ2v) is 8.77. The van der Waals surface area contributed by atoms with E-state index in [2.05, 4.69) is 0 Å². The molecule has 1 aromatic rings. The van der Waals surface area contributed by atoms with Crippen molar-refractivity contribution in [1.82, 2.24) is 4.31 Å². The summed E-state index contributed by atoms with van der Waals surface area (Å²) in [5, 5.41) is 0. The molecule has 1 aromatic carbocycles. The van der Waals surface area contributed by atoms with Crippen molar-refractivity contribution in [2.24, 2.45) is 11.1 Å². The van der Waals surface area contributed by atoms with Gasteiger partial charge in [-0.2, -0.15) is 0 Å².